The number of aryl methyl sites for hydroxylation is 1. The Bertz CT molecular complexity index is 463. The summed E-state index contributed by atoms with van der Waals surface area (Å²) in [6, 6.07) is 8.62. The maximum atomic E-state index is 12.3. The van der Waals surface area contributed by atoms with Crippen LogP contribution in [0.4, 0.5) is 5.69 Å². The van der Waals surface area contributed by atoms with Gasteiger partial charge in [0.25, 0.3) is 0 Å². The second-order valence-corrected chi connectivity index (χ2v) is 5.86. The zero-order valence-electron chi connectivity index (χ0n) is 12.7. The standard InChI is InChI=1S/C16H25N3O/c1-12-10-19(11-13(2)18(12)3)16(20)9-8-14-6-4-5-7-15(14)17/h4-7,12-13H,8-11,17H2,1-3H3. The summed E-state index contributed by atoms with van der Waals surface area (Å²) in [6.45, 7) is 5.99. The van der Waals surface area contributed by atoms with Crippen LogP contribution in [-0.2, 0) is 11.2 Å². The first kappa shape index (κ1) is 14.9. The fourth-order valence-corrected chi connectivity index (χ4v) is 2.77. The lowest BCUT2D eigenvalue weighted by Gasteiger charge is -2.42. The first-order valence-corrected chi connectivity index (χ1v) is 7.32. The number of para-hydroxylation sites is 1. The van der Waals surface area contributed by atoms with Gasteiger partial charge in [-0.05, 0) is 38.9 Å². The van der Waals surface area contributed by atoms with Crippen LogP contribution in [0.15, 0.2) is 24.3 Å². The molecule has 1 aliphatic rings. The number of nitrogens with zero attached hydrogens (tertiary/aromatic N) is 2. The molecule has 0 saturated carbocycles. The van der Waals surface area contributed by atoms with Crippen LogP contribution in [0.5, 0.6) is 0 Å². The molecule has 1 amide bonds. The van der Waals surface area contributed by atoms with Crippen molar-refractivity contribution in [3.05, 3.63) is 29.8 Å². The van der Waals surface area contributed by atoms with Gasteiger partial charge in [0.05, 0.1) is 0 Å². The van der Waals surface area contributed by atoms with E-state index in [1.165, 1.54) is 0 Å². The highest BCUT2D eigenvalue weighted by Crippen LogP contribution is 2.17. The number of benzene rings is 1. The number of carbonyl (C=O) groups is 1. The van der Waals surface area contributed by atoms with Crippen LogP contribution in [0.1, 0.15) is 25.8 Å². The van der Waals surface area contributed by atoms with Gasteiger partial charge in [-0.25, -0.2) is 0 Å². The fraction of sp³-hybridized carbons (Fsp3) is 0.562. The molecule has 1 aliphatic heterocycles. The third-order valence-corrected chi connectivity index (χ3v) is 4.38. The van der Waals surface area contributed by atoms with Gasteiger partial charge < -0.3 is 10.6 Å². The quantitative estimate of drug-likeness (QED) is 0.855. The lowest BCUT2D eigenvalue weighted by atomic mass is 10.1. The highest BCUT2D eigenvalue weighted by molar-refractivity contribution is 5.77. The molecule has 2 rings (SSSR count). The van der Waals surface area contributed by atoms with Crippen molar-refractivity contribution >= 4 is 11.6 Å². The van der Waals surface area contributed by atoms with Crippen molar-refractivity contribution in [3.8, 4) is 0 Å². The molecule has 2 atom stereocenters. The Hall–Kier alpha value is -1.55. The lowest BCUT2D eigenvalue weighted by Crippen LogP contribution is -2.56. The summed E-state index contributed by atoms with van der Waals surface area (Å²) in [5.74, 6) is 0.236. The zero-order valence-corrected chi connectivity index (χ0v) is 12.7. The SMILES string of the molecule is CC1CN(C(=O)CCc2ccccc2N)CC(C)N1C. The number of rotatable bonds is 3. The van der Waals surface area contributed by atoms with E-state index in [1.807, 2.05) is 29.2 Å². The fourth-order valence-electron chi connectivity index (χ4n) is 2.77. The lowest BCUT2D eigenvalue weighted by molar-refractivity contribution is -0.135. The molecule has 2 unspecified atom stereocenters. The number of hydrogen-bond donors (Lipinski definition) is 1. The molecule has 0 aliphatic carbocycles. The number of hydrogen-bond acceptors (Lipinski definition) is 3. The van der Waals surface area contributed by atoms with E-state index in [1.54, 1.807) is 0 Å². The molecule has 1 fully saturated rings. The second-order valence-electron chi connectivity index (χ2n) is 5.86. The Morgan fingerprint density at radius 3 is 2.45 bits per heavy atom. The molecule has 1 saturated heterocycles. The molecule has 0 radical (unpaired) electrons. The second kappa shape index (κ2) is 6.27. The van der Waals surface area contributed by atoms with E-state index in [2.05, 4.69) is 25.8 Å². The molecule has 0 aromatic heterocycles. The Morgan fingerprint density at radius 1 is 1.25 bits per heavy atom. The van der Waals surface area contributed by atoms with Crippen molar-refractivity contribution in [3.63, 3.8) is 0 Å². The van der Waals surface area contributed by atoms with Gasteiger partial charge in [-0.2, -0.15) is 0 Å². The van der Waals surface area contributed by atoms with Gasteiger partial charge in [0.1, 0.15) is 0 Å². The predicted octanol–water partition coefficient (Wildman–Crippen LogP) is 1.75. The summed E-state index contributed by atoms with van der Waals surface area (Å²) >= 11 is 0. The molecule has 4 nitrogen and oxygen atoms in total. The number of nitrogen functional groups attached to an aromatic ring is 1. The highest BCUT2D eigenvalue weighted by Gasteiger charge is 2.28. The van der Waals surface area contributed by atoms with Crippen LogP contribution in [-0.4, -0.2) is 47.9 Å². The Labute approximate surface area is 121 Å². The minimum atomic E-state index is 0.236. The van der Waals surface area contributed by atoms with Crippen molar-refractivity contribution in [1.29, 1.82) is 0 Å². The van der Waals surface area contributed by atoms with Crippen molar-refractivity contribution < 1.29 is 4.79 Å². The van der Waals surface area contributed by atoms with E-state index >= 15 is 0 Å². The predicted molar refractivity (Wildman–Crippen MR) is 82.4 cm³/mol. The molecular weight excluding hydrogens is 250 g/mol. The molecule has 20 heavy (non-hydrogen) atoms. The number of anilines is 1. The van der Waals surface area contributed by atoms with E-state index in [0.717, 1.165) is 30.8 Å². The topological polar surface area (TPSA) is 49.6 Å². The third-order valence-electron chi connectivity index (χ3n) is 4.38. The van der Waals surface area contributed by atoms with Gasteiger partial charge in [0.2, 0.25) is 5.91 Å². The summed E-state index contributed by atoms with van der Waals surface area (Å²) in [6.07, 6.45) is 1.26. The number of piperazine rings is 1. The molecule has 4 heteroatoms. The van der Waals surface area contributed by atoms with Crippen molar-refractivity contribution in [2.24, 2.45) is 0 Å². The van der Waals surface area contributed by atoms with E-state index in [4.69, 9.17) is 5.73 Å². The van der Waals surface area contributed by atoms with Gasteiger partial charge in [-0.1, -0.05) is 18.2 Å². The van der Waals surface area contributed by atoms with Crippen LogP contribution < -0.4 is 5.73 Å². The van der Waals surface area contributed by atoms with E-state index < -0.39 is 0 Å². The maximum Gasteiger partial charge on any atom is 0.223 e. The normalized spacial score (nSPS) is 23.9. The van der Waals surface area contributed by atoms with Gasteiger partial charge in [-0.3, -0.25) is 9.69 Å². The van der Waals surface area contributed by atoms with Crippen LogP contribution in [0.3, 0.4) is 0 Å². The molecule has 0 bridgehead atoms. The Kier molecular flexibility index (Phi) is 4.65. The van der Waals surface area contributed by atoms with Crippen molar-refractivity contribution in [1.82, 2.24) is 9.80 Å². The molecule has 1 aromatic rings. The number of likely N-dealkylation sites (N-methyl/N-ethyl adjacent to an activating group) is 1. The van der Waals surface area contributed by atoms with Crippen molar-refractivity contribution in [2.75, 3.05) is 25.9 Å². The first-order chi connectivity index (χ1) is 9.49. The summed E-state index contributed by atoms with van der Waals surface area (Å²) in [5, 5.41) is 0. The van der Waals surface area contributed by atoms with E-state index in [0.29, 0.717) is 18.5 Å². The molecular formula is C16H25N3O. The molecule has 2 N–H and O–H groups in total. The summed E-state index contributed by atoms with van der Waals surface area (Å²) < 4.78 is 0. The van der Waals surface area contributed by atoms with E-state index in [9.17, 15) is 4.79 Å². The van der Waals surface area contributed by atoms with Gasteiger partial charge in [0.15, 0.2) is 0 Å². The van der Waals surface area contributed by atoms with Crippen molar-refractivity contribution in [2.45, 2.75) is 38.8 Å². The summed E-state index contributed by atoms with van der Waals surface area (Å²) in [7, 11) is 2.13. The number of carbonyl (C=O) groups excluding carboxylic acids is 1. The average Bonchev–Trinajstić information content (AvgIpc) is 2.43. The van der Waals surface area contributed by atoms with E-state index in [-0.39, 0.29) is 5.91 Å². The zero-order chi connectivity index (χ0) is 14.7. The first-order valence-electron chi connectivity index (χ1n) is 7.32. The smallest absolute Gasteiger partial charge is 0.223 e. The molecule has 1 heterocycles. The maximum absolute atomic E-state index is 12.3. The largest absolute Gasteiger partial charge is 0.399 e. The Morgan fingerprint density at radius 2 is 1.85 bits per heavy atom. The molecule has 1 aromatic carbocycles. The van der Waals surface area contributed by atoms with Crippen LogP contribution in [0, 0.1) is 0 Å². The van der Waals surface area contributed by atoms with Crippen LogP contribution >= 0.6 is 0 Å². The highest BCUT2D eigenvalue weighted by atomic mass is 16.2. The Balaban J connectivity index is 1.91. The van der Waals surface area contributed by atoms with Crippen LogP contribution in [0.2, 0.25) is 0 Å². The molecule has 110 valence electrons. The average molecular weight is 275 g/mol. The van der Waals surface area contributed by atoms with Gasteiger partial charge in [-0.15, -0.1) is 0 Å². The number of amides is 1. The van der Waals surface area contributed by atoms with Crippen LogP contribution in [0.25, 0.3) is 0 Å². The molecule has 0 spiro atoms. The number of nitrogens with two attached hydrogens (primary N) is 1. The summed E-state index contributed by atoms with van der Waals surface area (Å²) in [4.78, 5) is 16.7. The van der Waals surface area contributed by atoms with Gasteiger partial charge >= 0.3 is 0 Å². The van der Waals surface area contributed by atoms with Gasteiger partial charge in [0, 0.05) is 37.3 Å². The minimum absolute atomic E-state index is 0.236. The third kappa shape index (κ3) is 3.31. The monoisotopic (exact) mass is 275 g/mol. The minimum Gasteiger partial charge on any atom is -0.399 e. The summed E-state index contributed by atoms with van der Waals surface area (Å²) in [5.41, 5.74) is 7.76.